The van der Waals surface area contributed by atoms with Crippen molar-refractivity contribution in [2.75, 3.05) is 7.04 Å². The number of benzene rings is 1. The van der Waals surface area contributed by atoms with Crippen molar-refractivity contribution in [3.8, 4) is 22.6 Å². The average Bonchev–Trinajstić information content (AvgIpc) is 3.72. The molecule has 2 aliphatic carbocycles. The minimum Gasteiger partial charge on any atom is -0.497 e. The lowest BCUT2D eigenvalue weighted by molar-refractivity contribution is 0.414. The van der Waals surface area contributed by atoms with E-state index in [4.69, 9.17) is 8.85 Å². The third-order valence-corrected chi connectivity index (χ3v) is 6.21. The molecule has 0 aliphatic heterocycles. The van der Waals surface area contributed by atoms with Crippen LogP contribution in [0.1, 0.15) is 41.4 Å². The van der Waals surface area contributed by atoms with Gasteiger partial charge >= 0.3 is 0 Å². The van der Waals surface area contributed by atoms with E-state index in [9.17, 15) is 4.79 Å². The van der Waals surface area contributed by atoms with E-state index in [2.05, 4.69) is 14.6 Å². The predicted octanol–water partition coefficient (Wildman–Crippen LogP) is 4.55. The maximum absolute atomic E-state index is 13.8. The third kappa shape index (κ3) is 3.32. The van der Waals surface area contributed by atoms with Crippen molar-refractivity contribution < 1.29 is 8.85 Å². The Balaban J connectivity index is 1.48. The van der Waals surface area contributed by atoms with Gasteiger partial charge in [-0.25, -0.2) is 0 Å². The number of fused-ring (bicyclic) bond motifs is 1. The van der Waals surface area contributed by atoms with Crippen LogP contribution in [-0.2, 0) is 6.54 Å². The van der Waals surface area contributed by atoms with E-state index in [1.807, 2.05) is 24.4 Å². The van der Waals surface area contributed by atoms with Crippen molar-refractivity contribution in [2.45, 2.75) is 38.1 Å². The molecule has 0 bridgehead atoms. The van der Waals surface area contributed by atoms with Crippen LogP contribution in [0.4, 0.5) is 0 Å². The lowest BCUT2D eigenvalue weighted by Crippen LogP contribution is -2.24. The molecule has 6 nitrogen and oxygen atoms in total. The highest BCUT2D eigenvalue weighted by atomic mass is 16.5. The number of hydrogen-bond donors (Lipinski definition) is 0. The molecule has 3 aromatic heterocycles. The van der Waals surface area contributed by atoms with E-state index in [0.29, 0.717) is 23.1 Å². The van der Waals surface area contributed by atoms with E-state index in [1.54, 1.807) is 18.3 Å². The molecule has 6 rings (SSSR count). The molecule has 3 heterocycles. The zero-order chi connectivity index (χ0) is 23.4. The van der Waals surface area contributed by atoms with Gasteiger partial charge in [-0.2, -0.15) is 9.78 Å². The molecule has 0 N–H and O–H groups in total. The first-order valence-corrected chi connectivity index (χ1v) is 10.7. The molecule has 0 unspecified atom stereocenters. The van der Waals surface area contributed by atoms with Gasteiger partial charge in [0.25, 0.3) is 5.56 Å². The van der Waals surface area contributed by atoms with E-state index in [1.165, 1.54) is 42.5 Å². The van der Waals surface area contributed by atoms with Crippen LogP contribution in [0.2, 0.25) is 0 Å². The number of pyridine rings is 1. The van der Waals surface area contributed by atoms with Gasteiger partial charge in [-0.3, -0.25) is 9.78 Å². The van der Waals surface area contributed by atoms with Gasteiger partial charge in [-0.05, 0) is 68.0 Å². The predicted molar refractivity (Wildman–Crippen MR) is 120 cm³/mol. The fraction of sp³-hybridized carbons (Fsp3) is 0.320. The number of methoxy groups -OCH3 is 1. The second-order valence-corrected chi connectivity index (χ2v) is 8.58. The highest BCUT2D eigenvalue weighted by molar-refractivity contribution is 5.91. The summed E-state index contributed by atoms with van der Waals surface area (Å²) in [6.45, 7) is 0.871. The summed E-state index contributed by atoms with van der Waals surface area (Å²) >= 11 is 0. The maximum atomic E-state index is 13.8. The van der Waals surface area contributed by atoms with Gasteiger partial charge in [-0.15, -0.1) is 0 Å². The van der Waals surface area contributed by atoms with Gasteiger partial charge in [0.1, 0.15) is 11.3 Å². The Kier molecular flexibility index (Phi) is 3.52. The van der Waals surface area contributed by atoms with Gasteiger partial charge in [0.05, 0.1) is 27.9 Å². The zero-order valence-electron chi connectivity index (χ0n) is 20.0. The molecule has 0 radical (unpaired) electrons. The third-order valence-electron chi connectivity index (χ3n) is 6.21. The van der Waals surface area contributed by atoms with Crippen LogP contribution in [0, 0.1) is 5.92 Å². The normalized spacial score (nSPS) is 17.9. The topological polar surface area (TPSA) is 61.9 Å². The minimum absolute atomic E-state index is 0.202. The number of rotatable bonds is 6. The fourth-order valence-corrected chi connectivity index (χ4v) is 4.17. The molecule has 2 fully saturated rings. The summed E-state index contributed by atoms with van der Waals surface area (Å²) < 4.78 is 30.3. The summed E-state index contributed by atoms with van der Waals surface area (Å²) in [5.41, 5.74) is 4.27. The van der Waals surface area contributed by atoms with E-state index >= 15 is 0 Å². The number of aromatic nitrogens is 4. The molecule has 0 amide bonds. The molecule has 31 heavy (non-hydrogen) atoms. The van der Waals surface area contributed by atoms with Crippen LogP contribution in [0.3, 0.4) is 0 Å². The molecule has 0 spiro atoms. The maximum Gasteiger partial charge on any atom is 0.281 e. The van der Waals surface area contributed by atoms with Crippen LogP contribution >= 0.6 is 0 Å². The second-order valence-electron chi connectivity index (χ2n) is 8.58. The van der Waals surface area contributed by atoms with Crippen molar-refractivity contribution in [3.63, 3.8) is 0 Å². The number of ether oxygens (including phenoxy) is 1. The van der Waals surface area contributed by atoms with Crippen molar-refractivity contribution in [1.82, 2.24) is 19.3 Å². The Morgan fingerprint density at radius 1 is 1.10 bits per heavy atom. The van der Waals surface area contributed by atoms with Gasteiger partial charge in [0.15, 0.2) is 0 Å². The van der Waals surface area contributed by atoms with E-state index < -0.39 is 7.04 Å². The van der Waals surface area contributed by atoms with Crippen LogP contribution in [0.15, 0.2) is 59.7 Å². The lowest BCUT2D eigenvalue weighted by Gasteiger charge is -2.13. The van der Waals surface area contributed by atoms with Gasteiger partial charge in [-0.1, -0.05) is 6.07 Å². The summed E-state index contributed by atoms with van der Waals surface area (Å²) in [7, 11) is -2.53. The molecule has 4 aromatic rings. The Morgan fingerprint density at radius 2 is 1.94 bits per heavy atom. The first-order valence-electron chi connectivity index (χ1n) is 12.2. The summed E-state index contributed by atoms with van der Waals surface area (Å²) in [4.78, 5) is 18.5. The van der Waals surface area contributed by atoms with Gasteiger partial charge in [0, 0.05) is 36.1 Å². The number of hydrogen-bond acceptors (Lipinski definition) is 4. The SMILES string of the molecule is [2H]C([2H])([2H])Oc1ccc(-n2nc3ccn(CC4CC4)c3c(-c3ccc(C4CC4)nc3)c2=O)cc1. The Morgan fingerprint density at radius 3 is 2.61 bits per heavy atom. The van der Waals surface area contributed by atoms with E-state index in [0.717, 1.165) is 28.8 Å². The van der Waals surface area contributed by atoms with Crippen LogP contribution in [0.5, 0.6) is 5.75 Å². The fourth-order valence-electron chi connectivity index (χ4n) is 4.17. The molecule has 0 atom stereocenters. The summed E-state index contributed by atoms with van der Waals surface area (Å²) in [6, 6.07) is 12.3. The molecule has 156 valence electrons. The van der Waals surface area contributed by atoms with Crippen molar-refractivity contribution in [2.24, 2.45) is 5.92 Å². The van der Waals surface area contributed by atoms with Crippen LogP contribution < -0.4 is 10.3 Å². The molecular formula is C25H24N4O2. The monoisotopic (exact) mass is 415 g/mol. The standard InChI is InChI=1S/C25H24N4O2/c1-31-20-9-7-19(8-10-20)29-25(30)23(18-6-11-21(26-14-18)17-4-5-17)24-22(27-29)12-13-28(24)15-16-2-3-16/h6-14,16-17H,2-5,15H2,1H3/i1D3. The largest absolute Gasteiger partial charge is 0.497 e. The average molecular weight is 416 g/mol. The molecule has 0 saturated heterocycles. The van der Waals surface area contributed by atoms with Crippen molar-refractivity contribution in [1.29, 1.82) is 0 Å². The summed E-state index contributed by atoms with van der Waals surface area (Å²) in [5.74, 6) is 1.39. The second kappa shape index (κ2) is 7.08. The smallest absolute Gasteiger partial charge is 0.281 e. The lowest BCUT2D eigenvalue weighted by atomic mass is 10.1. The first-order chi connectivity index (χ1) is 16.4. The summed E-state index contributed by atoms with van der Waals surface area (Å²) in [5, 5.41) is 4.65. The molecule has 2 saturated carbocycles. The Hall–Kier alpha value is -3.41. The van der Waals surface area contributed by atoms with Crippen molar-refractivity contribution >= 4 is 11.0 Å². The van der Waals surface area contributed by atoms with Gasteiger partial charge in [0.2, 0.25) is 0 Å². The molecule has 1 aromatic carbocycles. The zero-order valence-corrected chi connectivity index (χ0v) is 17.0. The molecular weight excluding hydrogens is 388 g/mol. The highest BCUT2D eigenvalue weighted by Gasteiger charge is 2.26. The summed E-state index contributed by atoms with van der Waals surface area (Å²) in [6.07, 6.45) is 8.57. The van der Waals surface area contributed by atoms with E-state index in [-0.39, 0.29) is 11.3 Å². The molecule has 2 aliphatic rings. The Labute approximate surface area is 184 Å². The van der Waals surface area contributed by atoms with Crippen LogP contribution in [0.25, 0.3) is 27.8 Å². The molecule has 6 heteroatoms. The van der Waals surface area contributed by atoms with Crippen LogP contribution in [-0.4, -0.2) is 26.4 Å². The van der Waals surface area contributed by atoms with Gasteiger partial charge < -0.3 is 9.30 Å². The van der Waals surface area contributed by atoms with Crippen molar-refractivity contribution in [3.05, 3.63) is 70.9 Å². The highest BCUT2D eigenvalue weighted by Crippen LogP contribution is 2.39. The first kappa shape index (κ1) is 15.4. The quantitative estimate of drug-likeness (QED) is 0.464. The minimum atomic E-state index is -2.53. The Bertz CT molecular complexity index is 1410. The number of nitrogens with zero attached hydrogens (tertiary/aromatic N) is 4.